The lowest BCUT2D eigenvalue weighted by Gasteiger charge is -2.49. The van der Waals surface area contributed by atoms with Crippen molar-refractivity contribution in [1.29, 1.82) is 0 Å². The minimum absolute atomic E-state index is 0.435. The third kappa shape index (κ3) is 2.53. The fourth-order valence-corrected chi connectivity index (χ4v) is 9.55. The monoisotopic (exact) mass is 570 g/mol. The molecule has 0 aliphatic heterocycles. The largest absolute Gasteiger partial charge is 0.456 e. The van der Waals surface area contributed by atoms with Crippen LogP contribution in [0.5, 0.6) is 0 Å². The van der Waals surface area contributed by atoms with Gasteiger partial charge >= 0.3 is 0 Å². The SMILES string of the molecule is c1ccc2c(c1)-c1ccccc1C21c2ccccc2C2(c3ccccc3-c3ccc4oc5ccccc5c4c32)c2ccccc21. The van der Waals surface area contributed by atoms with E-state index in [-0.39, 0.29) is 0 Å². The van der Waals surface area contributed by atoms with E-state index in [9.17, 15) is 0 Å². The molecular weight excluding hydrogens is 544 g/mol. The summed E-state index contributed by atoms with van der Waals surface area (Å²) >= 11 is 0. The third-order valence-corrected chi connectivity index (χ3v) is 11.0. The normalized spacial score (nSPS) is 15.5. The average Bonchev–Trinajstić information content (AvgIpc) is 3.73. The van der Waals surface area contributed by atoms with Crippen molar-refractivity contribution in [2.75, 3.05) is 0 Å². The Balaban J connectivity index is 1.40. The van der Waals surface area contributed by atoms with Gasteiger partial charge in [0.2, 0.25) is 0 Å². The van der Waals surface area contributed by atoms with E-state index in [0.29, 0.717) is 0 Å². The molecule has 1 nitrogen and oxygen atoms in total. The predicted molar refractivity (Wildman–Crippen MR) is 182 cm³/mol. The topological polar surface area (TPSA) is 13.1 Å². The van der Waals surface area contributed by atoms with Gasteiger partial charge in [-0.05, 0) is 78.9 Å². The molecule has 0 atom stereocenters. The van der Waals surface area contributed by atoms with Crippen LogP contribution < -0.4 is 0 Å². The molecule has 3 aliphatic rings. The van der Waals surface area contributed by atoms with Crippen LogP contribution in [-0.4, -0.2) is 0 Å². The molecule has 2 spiro atoms. The fourth-order valence-electron chi connectivity index (χ4n) is 9.55. The summed E-state index contributed by atoms with van der Waals surface area (Å²) in [4.78, 5) is 0. The zero-order valence-electron chi connectivity index (χ0n) is 24.4. The van der Waals surface area contributed by atoms with Crippen LogP contribution in [0.2, 0.25) is 0 Å². The highest BCUT2D eigenvalue weighted by atomic mass is 16.3. The zero-order valence-corrected chi connectivity index (χ0v) is 24.4. The Kier molecular flexibility index (Phi) is 4.27. The van der Waals surface area contributed by atoms with Gasteiger partial charge in [0.05, 0.1) is 10.8 Å². The van der Waals surface area contributed by atoms with Gasteiger partial charge in [-0.2, -0.15) is 0 Å². The van der Waals surface area contributed by atoms with Gasteiger partial charge in [-0.1, -0.05) is 146 Å². The van der Waals surface area contributed by atoms with E-state index in [1.54, 1.807) is 0 Å². The second-order valence-corrected chi connectivity index (χ2v) is 12.7. The second kappa shape index (κ2) is 8.08. The molecule has 0 fully saturated rings. The first kappa shape index (κ1) is 23.8. The van der Waals surface area contributed by atoms with Crippen LogP contribution in [0.15, 0.2) is 162 Å². The van der Waals surface area contributed by atoms with Crippen molar-refractivity contribution in [3.8, 4) is 22.3 Å². The molecule has 1 heterocycles. The Hall–Kier alpha value is -5.66. The number of rotatable bonds is 0. The molecule has 11 rings (SSSR count). The van der Waals surface area contributed by atoms with Crippen molar-refractivity contribution in [3.63, 3.8) is 0 Å². The Bertz CT molecular complexity index is 2470. The smallest absolute Gasteiger partial charge is 0.135 e. The highest BCUT2D eigenvalue weighted by Crippen LogP contribution is 2.68. The van der Waals surface area contributed by atoms with Crippen LogP contribution in [0.3, 0.4) is 0 Å². The van der Waals surface area contributed by atoms with Gasteiger partial charge in [0, 0.05) is 10.8 Å². The van der Waals surface area contributed by atoms with Crippen molar-refractivity contribution in [2.45, 2.75) is 10.8 Å². The molecule has 3 aliphatic carbocycles. The summed E-state index contributed by atoms with van der Waals surface area (Å²) in [6.07, 6.45) is 0. The number of furan rings is 1. The van der Waals surface area contributed by atoms with E-state index in [1.807, 2.05) is 0 Å². The van der Waals surface area contributed by atoms with E-state index in [1.165, 1.54) is 77.5 Å². The number of hydrogen-bond acceptors (Lipinski definition) is 1. The van der Waals surface area contributed by atoms with Crippen molar-refractivity contribution in [2.24, 2.45) is 0 Å². The van der Waals surface area contributed by atoms with Gasteiger partial charge < -0.3 is 4.42 Å². The van der Waals surface area contributed by atoms with Crippen molar-refractivity contribution in [3.05, 3.63) is 202 Å². The quantitative estimate of drug-likeness (QED) is 0.177. The van der Waals surface area contributed by atoms with Gasteiger partial charge in [-0.15, -0.1) is 0 Å². The van der Waals surface area contributed by atoms with E-state index in [2.05, 4.69) is 158 Å². The molecule has 1 aromatic heterocycles. The van der Waals surface area contributed by atoms with Crippen LogP contribution in [0.1, 0.15) is 44.5 Å². The van der Waals surface area contributed by atoms with Crippen molar-refractivity contribution < 1.29 is 4.42 Å². The van der Waals surface area contributed by atoms with Crippen LogP contribution in [0.25, 0.3) is 44.2 Å². The summed E-state index contributed by atoms with van der Waals surface area (Å²) in [5, 5.41) is 2.38. The predicted octanol–water partition coefficient (Wildman–Crippen LogP) is 10.6. The second-order valence-electron chi connectivity index (χ2n) is 12.7. The summed E-state index contributed by atoms with van der Waals surface area (Å²) in [6, 6.07) is 58.8. The minimum Gasteiger partial charge on any atom is -0.456 e. The molecule has 1 heteroatoms. The van der Waals surface area contributed by atoms with Crippen molar-refractivity contribution in [1.82, 2.24) is 0 Å². The highest BCUT2D eigenvalue weighted by Gasteiger charge is 2.59. The average molecular weight is 571 g/mol. The molecule has 0 bridgehead atoms. The van der Waals surface area contributed by atoms with Crippen LogP contribution in [-0.2, 0) is 10.8 Å². The lowest BCUT2D eigenvalue weighted by molar-refractivity contribution is 0.634. The third-order valence-electron chi connectivity index (χ3n) is 11.0. The highest BCUT2D eigenvalue weighted by molar-refractivity contribution is 6.12. The van der Waals surface area contributed by atoms with Gasteiger partial charge in [0.25, 0.3) is 0 Å². The molecule has 0 saturated carbocycles. The van der Waals surface area contributed by atoms with Gasteiger partial charge in [-0.3, -0.25) is 0 Å². The molecular formula is C44H26O. The molecule has 0 amide bonds. The van der Waals surface area contributed by atoms with Crippen LogP contribution in [0, 0.1) is 0 Å². The Morgan fingerprint density at radius 3 is 1.31 bits per heavy atom. The Morgan fingerprint density at radius 1 is 0.311 bits per heavy atom. The molecule has 0 saturated heterocycles. The standard InChI is InChI=1S/C44H26O/c1-5-17-32-27(13-1)28-14-2-6-18-33(28)43(32)35-20-8-10-22-37(35)44(38-23-11-9-21-36(38)43)34-19-7-3-15-29(34)30-25-26-40-41(42(30)44)31-16-4-12-24-39(31)45-40/h1-26H. The maximum atomic E-state index is 6.57. The van der Waals surface area contributed by atoms with Gasteiger partial charge in [0.15, 0.2) is 0 Å². The van der Waals surface area contributed by atoms with E-state index < -0.39 is 10.8 Å². The number of fused-ring (bicyclic) bond motifs is 20. The van der Waals surface area contributed by atoms with E-state index >= 15 is 0 Å². The first-order valence-electron chi connectivity index (χ1n) is 15.8. The van der Waals surface area contributed by atoms with Crippen molar-refractivity contribution >= 4 is 21.9 Å². The number of para-hydroxylation sites is 1. The minimum atomic E-state index is -0.525. The van der Waals surface area contributed by atoms with Crippen LogP contribution in [0.4, 0.5) is 0 Å². The summed E-state index contributed by atoms with van der Waals surface area (Å²) in [7, 11) is 0. The molecule has 0 unspecified atom stereocenters. The number of benzene rings is 7. The fraction of sp³-hybridized carbons (Fsp3) is 0.0455. The summed E-state index contributed by atoms with van der Waals surface area (Å²) in [5.41, 5.74) is 16.9. The Labute approximate surface area is 261 Å². The summed E-state index contributed by atoms with van der Waals surface area (Å²) < 4.78 is 6.57. The van der Waals surface area contributed by atoms with Gasteiger partial charge in [-0.25, -0.2) is 0 Å². The molecule has 45 heavy (non-hydrogen) atoms. The maximum absolute atomic E-state index is 6.57. The van der Waals surface area contributed by atoms with Crippen LogP contribution >= 0.6 is 0 Å². The summed E-state index contributed by atoms with van der Waals surface area (Å²) in [5.74, 6) is 0. The first-order chi connectivity index (χ1) is 22.3. The zero-order chi connectivity index (χ0) is 29.3. The Morgan fingerprint density at radius 2 is 0.733 bits per heavy atom. The lowest BCUT2D eigenvalue weighted by Crippen LogP contribution is -2.43. The first-order valence-corrected chi connectivity index (χ1v) is 15.8. The molecule has 0 N–H and O–H groups in total. The molecule has 8 aromatic rings. The van der Waals surface area contributed by atoms with E-state index in [4.69, 9.17) is 4.42 Å². The molecule has 208 valence electrons. The van der Waals surface area contributed by atoms with E-state index in [0.717, 1.165) is 11.2 Å². The molecule has 0 radical (unpaired) electrons. The number of hydrogen-bond donors (Lipinski definition) is 0. The summed E-state index contributed by atoms with van der Waals surface area (Å²) in [6.45, 7) is 0. The lowest BCUT2D eigenvalue weighted by atomic mass is 9.52. The van der Waals surface area contributed by atoms with Gasteiger partial charge in [0.1, 0.15) is 11.2 Å². The molecule has 7 aromatic carbocycles. The maximum Gasteiger partial charge on any atom is 0.135 e.